The molecule has 3 amide bonds. The van der Waals surface area contributed by atoms with Gasteiger partial charge < -0.3 is 14.5 Å². The highest BCUT2D eigenvalue weighted by Crippen LogP contribution is 2.13. The minimum absolute atomic E-state index is 0.0491. The molecule has 1 aromatic heterocycles. The third-order valence-electron chi connectivity index (χ3n) is 4.12. The number of carbonyl (C=O) groups is 2. The van der Waals surface area contributed by atoms with E-state index in [4.69, 9.17) is 9.15 Å². The van der Waals surface area contributed by atoms with Crippen molar-refractivity contribution < 1.29 is 23.1 Å². The zero-order valence-corrected chi connectivity index (χ0v) is 16.2. The fraction of sp³-hybridized carbons (Fsp3) is 0.182. The summed E-state index contributed by atoms with van der Waals surface area (Å²) in [5.41, 5.74) is 5.38. The molecule has 0 spiro atoms. The first-order chi connectivity index (χ1) is 14.6. The summed E-state index contributed by atoms with van der Waals surface area (Å²) in [5.74, 6) is 0.346. The molecule has 1 heterocycles. The number of halogens is 1. The molecule has 7 nitrogen and oxygen atoms in total. The fourth-order valence-electron chi connectivity index (χ4n) is 2.65. The topological polar surface area (TPSA) is 92.6 Å². The molecule has 0 saturated heterocycles. The molecule has 0 bridgehead atoms. The number of benzene rings is 2. The number of ether oxygens (including phenoxy) is 1. The summed E-state index contributed by atoms with van der Waals surface area (Å²) in [7, 11) is 0. The molecule has 30 heavy (non-hydrogen) atoms. The van der Waals surface area contributed by atoms with E-state index in [1.807, 2.05) is 36.4 Å². The first-order valence-corrected chi connectivity index (χ1v) is 9.45. The molecule has 0 aliphatic carbocycles. The number of aryl methyl sites for hydroxylation is 1. The largest absolute Gasteiger partial charge is 0.486 e. The van der Waals surface area contributed by atoms with Gasteiger partial charge in [0.05, 0.1) is 0 Å². The highest BCUT2D eigenvalue weighted by Gasteiger charge is 2.12. The summed E-state index contributed by atoms with van der Waals surface area (Å²) in [5, 5.41) is 2.61. The molecule has 0 aliphatic heterocycles. The molecule has 0 saturated carbocycles. The van der Waals surface area contributed by atoms with Gasteiger partial charge in [0.2, 0.25) is 0 Å². The van der Waals surface area contributed by atoms with Gasteiger partial charge in [0.25, 0.3) is 0 Å². The Labute approximate surface area is 173 Å². The number of hydrogen-bond donors (Lipinski definition) is 3. The Morgan fingerprint density at radius 2 is 1.80 bits per heavy atom. The number of rotatable bonds is 8. The lowest BCUT2D eigenvalue weighted by Crippen LogP contribution is -2.47. The third kappa shape index (κ3) is 6.66. The van der Waals surface area contributed by atoms with Gasteiger partial charge in [-0.15, -0.1) is 0 Å². The molecule has 0 atom stereocenters. The Bertz CT molecular complexity index is 975. The molecule has 0 radical (unpaired) electrons. The Morgan fingerprint density at radius 3 is 2.60 bits per heavy atom. The highest BCUT2D eigenvalue weighted by atomic mass is 19.1. The highest BCUT2D eigenvalue weighted by molar-refractivity contribution is 5.92. The van der Waals surface area contributed by atoms with Crippen LogP contribution in [0.5, 0.6) is 5.75 Å². The van der Waals surface area contributed by atoms with E-state index in [-0.39, 0.29) is 18.2 Å². The first-order valence-electron chi connectivity index (χ1n) is 9.45. The third-order valence-corrected chi connectivity index (χ3v) is 4.12. The number of furan rings is 1. The summed E-state index contributed by atoms with van der Waals surface area (Å²) in [6, 6.07) is 18.1. The van der Waals surface area contributed by atoms with Crippen LogP contribution in [0.3, 0.4) is 0 Å². The van der Waals surface area contributed by atoms with Gasteiger partial charge in [-0.2, -0.15) is 0 Å². The second-order valence-electron chi connectivity index (χ2n) is 6.44. The van der Waals surface area contributed by atoms with Crippen molar-refractivity contribution in [2.75, 3.05) is 6.54 Å². The van der Waals surface area contributed by atoms with E-state index in [1.165, 1.54) is 18.2 Å². The van der Waals surface area contributed by atoms with Crippen molar-refractivity contribution in [1.82, 2.24) is 16.2 Å². The van der Waals surface area contributed by atoms with E-state index in [0.717, 1.165) is 5.56 Å². The van der Waals surface area contributed by atoms with Crippen molar-refractivity contribution in [3.8, 4) is 5.75 Å². The quantitative estimate of drug-likeness (QED) is 0.390. The predicted molar refractivity (Wildman–Crippen MR) is 108 cm³/mol. The van der Waals surface area contributed by atoms with E-state index < -0.39 is 11.9 Å². The maximum Gasteiger partial charge on any atom is 0.333 e. The number of para-hydroxylation sites is 1. The van der Waals surface area contributed by atoms with Crippen LogP contribution >= 0.6 is 0 Å². The minimum atomic E-state index is -0.587. The van der Waals surface area contributed by atoms with E-state index in [2.05, 4.69) is 16.2 Å². The van der Waals surface area contributed by atoms with Crippen LogP contribution in [-0.2, 0) is 13.0 Å². The number of hydrogen-bond acceptors (Lipinski definition) is 4. The van der Waals surface area contributed by atoms with Crippen molar-refractivity contribution >= 4 is 11.9 Å². The number of urea groups is 1. The second-order valence-corrected chi connectivity index (χ2v) is 6.44. The number of amides is 3. The molecule has 0 aliphatic rings. The van der Waals surface area contributed by atoms with Crippen LogP contribution in [0, 0.1) is 5.82 Å². The van der Waals surface area contributed by atoms with Crippen molar-refractivity contribution in [3.05, 3.63) is 89.6 Å². The van der Waals surface area contributed by atoms with Gasteiger partial charge in [0, 0.05) is 6.54 Å². The SMILES string of the molecule is O=C(NCCCc1cccc(F)c1)NNC(=O)c1ccc(COc2ccccc2)o1. The molecule has 0 unspecified atom stereocenters. The molecule has 156 valence electrons. The van der Waals surface area contributed by atoms with Crippen LogP contribution in [0.1, 0.15) is 28.3 Å². The smallest absolute Gasteiger partial charge is 0.333 e. The van der Waals surface area contributed by atoms with E-state index >= 15 is 0 Å². The van der Waals surface area contributed by atoms with Gasteiger partial charge in [-0.3, -0.25) is 10.2 Å². The molecule has 3 rings (SSSR count). The molecule has 3 N–H and O–H groups in total. The van der Waals surface area contributed by atoms with Crippen molar-refractivity contribution in [2.24, 2.45) is 0 Å². The molecule has 0 fully saturated rings. The lowest BCUT2D eigenvalue weighted by Gasteiger charge is -2.08. The molecule has 3 aromatic rings. The van der Waals surface area contributed by atoms with Crippen LogP contribution in [0.4, 0.5) is 9.18 Å². The average Bonchev–Trinajstić information content (AvgIpc) is 3.24. The maximum atomic E-state index is 13.1. The van der Waals surface area contributed by atoms with Gasteiger partial charge in [-0.1, -0.05) is 30.3 Å². The lowest BCUT2D eigenvalue weighted by molar-refractivity contribution is 0.0904. The standard InChI is InChI=1S/C22H22FN3O4/c23-17-8-4-6-16(14-17)7-5-13-24-22(28)26-25-21(27)20-12-11-19(30-20)15-29-18-9-2-1-3-10-18/h1-4,6,8-12,14H,5,7,13,15H2,(H,25,27)(H2,24,26,28). The molecular weight excluding hydrogens is 389 g/mol. The predicted octanol–water partition coefficient (Wildman–Crippen LogP) is 3.57. The summed E-state index contributed by atoms with van der Waals surface area (Å²) in [4.78, 5) is 23.8. The summed E-state index contributed by atoms with van der Waals surface area (Å²) < 4.78 is 24.1. The number of nitrogens with one attached hydrogen (secondary N) is 3. The molecule has 2 aromatic carbocycles. The van der Waals surface area contributed by atoms with E-state index in [1.54, 1.807) is 12.1 Å². The Hall–Kier alpha value is -3.81. The zero-order valence-electron chi connectivity index (χ0n) is 16.2. The van der Waals surface area contributed by atoms with Crippen LogP contribution in [0.2, 0.25) is 0 Å². The summed E-state index contributed by atoms with van der Waals surface area (Å²) in [6.07, 6.45) is 1.26. The van der Waals surface area contributed by atoms with Crippen molar-refractivity contribution in [2.45, 2.75) is 19.4 Å². The van der Waals surface area contributed by atoms with Gasteiger partial charge in [-0.05, 0) is 54.8 Å². The normalized spacial score (nSPS) is 10.3. The molecular formula is C22H22FN3O4. The maximum absolute atomic E-state index is 13.1. The fourth-order valence-corrected chi connectivity index (χ4v) is 2.65. The van der Waals surface area contributed by atoms with Crippen LogP contribution in [0.25, 0.3) is 0 Å². The van der Waals surface area contributed by atoms with Gasteiger partial charge in [0.15, 0.2) is 5.76 Å². The van der Waals surface area contributed by atoms with Crippen molar-refractivity contribution in [3.63, 3.8) is 0 Å². The Balaban J connectivity index is 1.33. The van der Waals surface area contributed by atoms with E-state index in [9.17, 15) is 14.0 Å². The van der Waals surface area contributed by atoms with Crippen LogP contribution in [0.15, 0.2) is 71.1 Å². The van der Waals surface area contributed by atoms with Gasteiger partial charge in [-0.25, -0.2) is 14.6 Å². The van der Waals surface area contributed by atoms with Crippen LogP contribution in [-0.4, -0.2) is 18.5 Å². The minimum Gasteiger partial charge on any atom is -0.486 e. The second kappa shape index (κ2) is 10.7. The zero-order chi connectivity index (χ0) is 21.2. The Kier molecular flexibility index (Phi) is 7.43. The van der Waals surface area contributed by atoms with E-state index in [0.29, 0.717) is 30.9 Å². The number of hydrazine groups is 1. The average molecular weight is 411 g/mol. The summed E-state index contributed by atoms with van der Waals surface area (Å²) >= 11 is 0. The van der Waals surface area contributed by atoms with Crippen molar-refractivity contribution in [1.29, 1.82) is 0 Å². The Morgan fingerprint density at radius 1 is 0.967 bits per heavy atom. The number of carbonyl (C=O) groups excluding carboxylic acids is 2. The summed E-state index contributed by atoms with van der Waals surface area (Å²) in [6.45, 7) is 0.552. The monoisotopic (exact) mass is 411 g/mol. The van der Waals surface area contributed by atoms with Crippen LogP contribution < -0.4 is 20.9 Å². The molecule has 8 heteroatoms. The first kappa shape index (κ1) is 20.9. The lowest BCUT2D eigenvalue weighted by atomic mass is 10.1. The van der Waals surface area contributed by atoms with Gasteiger partial charge >= 0.3 is 11.9 Å². The van der Waals surface area contributed by atoms with Gasteiger partial charge in [0.1, 0.15) is 23.9 Å².